The van der Waals surface area contributed by atoms with Crippen molar-refractivity contribution in [1.82, 2.24) is 9.80 Å². The summed E-state index contributed by atoms with van der Waals surface area (Å²) in [4.78, 5) is 16.6. The van der Waals surface area contributed by atoms with Crippen molar-refractivity contribution < 1.29 is 9.21 Å². The van der Waals surface area contributed by atoms with E-state index < -0.39 is 0 Å². The van der Waals surface area contributed by atoms with Crippen molar-refractivity contribution >= 4 is 5.78 Å². The zero-order chi connectivity index (χ0) is 16.9. The van der Waals surface area contributed by atoms with Crippen LogP contribution in [0.3, 0.4) is 0 Å². The van der Waals surface area contributed by atoms with E-state index in [1.807, 2.05) is 32.3 Å². The zero-order valence-corrected chi connectivity index (χ0v) is 14.6. The van der Waals surface area contributed by atoms with Crippen LogP contribution in [0.2, 0.25) is 0 Å². The van der Waals surface area contributed by atoms with Crippen LogP contribution in [0.1, 0.15) is 29.1 Å². The predicted octanol–water partition coefficient (Wildman–Crippen LogP) is 2.90. The molecule has 0 atom stereocenters. The monoisotopic (exact) mass is 326 g/mol. The van der Waals surface area contributed by atoms with Gasteiger partial charge in [0.1, 0.15) is 17.3 Å². The quantitative estimate of drug-likeness (QED) is 0.784. The normalized spacial score (nSPS) is 14.8. The van der Waals surface area contributed by atoms with Crippen LogP contribution in [-0.4, -0.2) is 42.8 Å². The Balaban J connectivity index is 1.50. The highest BCUT2D eigenvalue weighted by Gasteiger charge is 2.22. The van der Waals surface area contributed by atoms with Gasteiger partial charge in [-0.3, -0.25) is 9.69 Å². The van der Waals surface area contributed by atoms with Crippen molar-refractivity contribution in [3.63, 3.8) is 0 Å². The maximum absolute atomic E-state index is 12.3. The van der Waals surface area contributed by atoms with Gasteiger partial charge in [-0.05, 0) is 44.1 Å². The number of ketones is 1. The minimum absolute atomic E-state index is 0.308. The van der Waals surface area contributed by atoms with E-state index in [9.17, 15) is 4.79 Å². The summed E-state index contributed by atoms with van der Waals surface area (Å²) in [5.41, 5.74) is 2.53. The Hall–Kier alpha value is -1.91. The number of carbonyl (C=O) groups excluding carboxylic acids is 1. The van der Waals surface area contributed by atoms with Crippen molar-refractivity contribution in [2.24, 2.45) is 0 Å². The van der Waals surface area contributed by atoms with Crippen LogP contribution >= 0.6 is 0 Å². The van der Waals surface area contributed by atoms with Gasteiger partial charge < -0.3 is 9.32 Å². The standard InChI is InChI=1S/C20H26N2O2/c1-21(2)14-19-12-17-10-11-22(15-20(17)24-19)13-18(23)9-8-16-6-4-3-5-7-16/h3-7,12H,8-11,13-15H2,1-2H3. The molecule has 4 heteroatoms. The highest BCUT2D eigenvalue weighted by molar-refractivity contribution is 5.80. The number of hydrogen-bond acceptors (Lipinski definition) is 4. The minimum Gasteiger partial charge on any atom is -0.463 e. The van der Waals surface area contributed by atoms with Crippen LogP contribution in [-0.2, 0) is 30.7 Å². The molecule has 0 N–H and O–H groups in total. The smallest absolute Gasteiger partial charge is 0.147 e. The summed E-state index contributed by atoms with van der Waals surface area (Å²) >= 11 is 0. The third-order valence-electron chi connectivity index (χ3n) is 4.42. The zero-order valence-electron chi connectivity index (χ0n) is 14.6. The molecule has 0 radical (unpaired) electrons. The Labute approximate surface area is 144 Å². The first-order valence-electron chi connectivity index (χ1n) is 8.63. The highest BCUT2D eigenvalue weighted by Crippen LogP contribution is 2.23. The average Bonchev–Trinajstić information content (AvgIpc) is 2.94. The molecule has 0 spiro atoms. The Kier molecular flexibility index (Phi) is 5.48. The molecule has 3 rings (SSSR count). The summed E-state index contributed by atoms with van der Waals surface area (Å²) < 4.78 is 5.96. The lowest BCUT2D eigenvalue weighted by atomic mass is 10.1. The Bertz CT molecular complexity index is 676. The molecule has 24 heavy (non-hydrogen) atoms. The molecule has 0 bridgehead atoms. The third-order valence-corrected chi connectivity index (χ3v) is 4.42. The number of fused-ring (bicyclic) bond motifs is 1. The molecular formula is C20H26N2O2. The second-order valence-electron chi connectivity index (χ2n) is 6.88. The molecular weight excluding hydrogens is 300 g/mol. The summed E-state index contributed by atoms with van der Waals surface area (Å²) in [6.07, 6.45) is 2.40. The van der Waals surface area contributed by atoms with E-state index in [0.717, 1.165) is 44.0 Å². The topological polar surface area (TPSA) is 36.7 Å². The average molecular weight is 326 g/mol. The van der Waals surface area contributed by atoms with Crippen LogP contribution in [0.15, 0.2) is 40.8 Å². The SMILES string of the molecule is CN(C)Cc1cc2c(o1)CN(CC(=O)CCc1ccccc1)CC2. The van der Waals surface area contributed by atoms with Gasteiger partial charge in [-0.25, -0.2) is 0 Å². The van der Waals surface area contributed by atoms with E-state index in [4.69, 9.17) is 4.42 Å². The number of benzene rings is 1. The fourth-order valence-corrected chi connectivity index (χ4v) is 3.22. The Morgan fingerprint density at radius 1 is 1.25 bits per heavy atom. The van der Waals surface area contributed by atoms with Gasteiger partial charge in [0.2, 0.25) is 0 Å². The lowest BCUT2D eigenvalue weighted by Gasteiger charge is -2.25. The first kappa shape index (κ1) is 16.9. The first-order chi connectivity index (χ1) is 11.6. The van der Waals surface area contributed by atoms with E-state index in [1.54, 1.807) is 0 Å². The number of carbonyl (C=O) groups is 1. The van der Waals surface area contributed by atoms with Gasteiger partial charge in [-0.2, -0.15) is 0 Å². The van der Waals surface area contributed by atoms with Gasteiger partial charge in [0, 0.05) is 13.0 Å². The summed E-state index contributed by atoms with van der Waals surface area (Å²) in [5, 5.41) is 0. The van der Waals surface area contributed by atoms with Crippen molar-refractivity contribution in [2.45, 2.75) is 32.4 Å². The molecule has 2 aromatic rings. The van der Waals surface area contributed by atoms with E-state index in [2.05, 4.69) is 28.0 Å². The largest absolute Gasteiger partial charge is 0.463 e. The number of nitrogens with zero attached hydrogens (tertiary/aromatic N) is 2. The van der Waals surface area contributed by atoms with Crippen LogP contribution < -0.4 is 0 Å². The number of rotatable bonds is 7. The first-order valence-corrected chi connectivity index (χ1v) is 8.63. The summed E-state index contributed by atoms with van der Waals surface area (Å²) in [6.45, 7) is 3.03. The van der Waals surface area contributed by atoms with Crippen LogP contribution in [0, 0.1) is 0 Å². The molecule has 1 aromatic heterocycles. The fourth-order valence-electron chi connectivity index (χ4n) is 3.22. The molecule has 4 nitrogen and oxygen atoms in total. The predicted molar refractivity (Wildman–Crippen MR) is 94.9 cm³/mol. The summed E-state index contributed by atoms with van der Waals surface area (Å²) in [5.74, 6) is 2.36. The third kappa shape index (κ3) is 4.56. The Morgan fingerprint density at radius 3 is 2.79 bits per heavy atom. The van der Waals surface area contributed by atoms with Gasteiger partial charge in [-0.1, -0.05) is 30.3 Å². The van der Waals surface area contributed by atoms with E-state index in [-0.39, 0.29) is 0 Å². The second kappa shape index (κ2) is 7.77. The van der Waals surface area contributed by atoms with Gasteiger partial charge in [0.25, 0.3) is 0 Å². The number of hydrogen-bond donors (Lipinski definition) is 0. The fraction of sp³-hybridized carbons (Fsp3) is 0.450. The van der Waals surface area contributed by atoms with Crippen molar-refractivity contribution in [3.05, 3.63) is 59.0 Å². The van der Waals surface area contributed by atoms with Gasteiger partial charge >= 0.3 is 0 Å². The minimum atomic E-state index is 0.308. The Morgan fingerprint density at radius 2 is 2.04 bits per heavy atom. The van der Waals surface area contributed by atoms with Crippen molar-refractivity contribution in [1.29, 1.82) is 0 Å². The lowest BCUT2D eigenvalue weighted by Crippen LogP contribution is -2.34. The maximum atomic E-state index is 12.3. The number of furan rings is 1. The summed E-state index contributed by atoms with van der Waals surface area (Å²) in [6, 6.07) is 12.4. The van der Waals surface area contributed by atoms with Gasteiger partial charge in [-0.15, -0.1) is 0 Å². The molecule has 0 aliphatic carbocycles. The molecule has 2 heterocycles. The molecule has 0 amide bonds. The van der Waals surface area contributed by atoms with Crippen molar-refractivity contribution in [2.75, 3.05) is 27.2 Å². The molecule has 128 valence electrons. The molecule has 0 fully saturated rings. The second-order valence-corrected chi connectivity index (χ2v) is 6.88. The van der Waals surface area contributed by atoms with E-state index in [1.165, 1.54) is 11.1 Å². The summed E-state index contributed by atoms with van der Waals surface area (Å²) in [7, 11) is 4.08. The van der Waals surface area contributed by atoms with Gasteiger partial charge in [0.15, 0.2) is 0 Å². The van der Waals surface area contributed by atoms with Crippen molar-refractivity contribution in [3.8, 4) is 0 Å². The molecule has 0 saturated carbocycles. The molecule has 1 aliphatic heterocycles. The van der Waals surface area contributed by atoms with Crippen LogP contribution in [0.5, 0.6) is 0 Å². The number of Topliss-reactive ketones (excluding diaryl/α,β-unsaturated/α-hetero) is 1. The van der Waals surface area contributed by atoms with Crippen LogP contribution in [0.25, 0.3) is 0 Å². The van der Waals surface area contributed by atoms with Crippen LogP contribution in [0.4, 0.5) is 0 Å². The maximum Gasteiger partial charge on any atom is 0.147 e. The highest BCUT2D eigenvalue weighted by atomic mass is 16.3. The van der Waals surface area contributed by atoms with E-state index in [0.29, 0.717) is 18.7 Å². The number of aryl methyl sites for hydroxylation is 1. The van der Waals surface area contributed by atoms with E-state index >= 15 is 0 Å². The lowest BCUT2D eigenvalue weighted by molar-refractivity contribution is -0.120. The molecule has 1 aliphatic rings. The molecule has 1 aromatic carbocycles. The molecule has 0 unspecified atom stereocenters. The molecule has 0 saturated heterocycles. The van der Waals surface area contributed by atoms with Gasteiger partial charge in [0.05, 0.1) is 19.6 Å².